The first-order valence-electron chi connectivity index (χ1n) is 3.62. The van der Waals surface area contributed by atoms with Crippen LogP contribution in [-0.4, -0.2) is 20.5 Å². The molecule has 2 aromatic heterocycles. The summed E-state index contributed by atoms with van der Waals surface area (Å²) >= 11 is 0. The molecule has 5 nitrogen and oxygen atoms in total. The summed E-state index contributed by atoms with van der Waals surface area (Å²) in [6.45, 7) is 0. The van der Waals surface area contributed by atoms with Crippen LogP contribution in [0.2, 0.25) is 0 Å². The number of aromatic carboxylic acids is 1. The number of H-pyrrole nitrogens is 1. The second-order valence-corrected chi connectivity index (χ2v) is 2.57. The van der Waals surface area contributed by atoms with Gasteiger partial charge in [-0.2, -0.15) is 0 Å². The van der Waals surface area contributed by atoms with Crippen LogP contribution >= 0.6 is 0 Å². The molecule has 0 fully saturated rings. The van der Waals surface area contributed by atoms with Crippen LogP contribution in [0.15, 0.2) is 29.3 Å². The number of carboxylic acid groups (broad SMARTS) is 1. The van der Waals surface area contributed by atoms with Crippen molar-refractivity contribution in [2.24, 2.45) is 0 Å². The number of nitrogens with zero attached hydrogens (tertiary/aromatic N) is 1. The van der Waals surface area contributed by atoms with E-state index in [-0.39, 0.29) is 11.1 Å². The molecule has 2 rings (SSSR count). The summed E-state index contributed by atoms with van der Waals surface area (Å²) in [7, 11) is 0. The molecule has 2 heterocycles. The Morgan fingerprint density at radius 2 is 2.23 bits per heavy atom. The molecule has 0 aliphatic heterocycles. The summed E-state index contributed by atoms with van der Waals surface area (Å²) in [6.07, 6.45) is 2.85. The third-order valence-corrected chi connectivity index (χ3v) is 1.80. The molecule has 0 aromatic carbocycles. The molecule has 0 unspecified atom stereocenters. The second kappa shape index (κ2) is 2.48. The lowest BCUT2D eigenvalue weighted by Gasteiger charge is -1.93. The molecule has 0 aliphatic carbocycles. The van der Waals surface area contributed by atoms with E-state index in [0.717, 1.165) is 0 Å². The predicted octanol–water partition coefficient (Wildman–Crippen LogP) is 0.326. The maximum Gasteiger partial charge on any atom is 0.339 e. The Morgan fingerprint density at radius 1 is 1.46 bits per heavy atom. The molecule has 0 radical (unpaired) electrons. The molecular formula is C8H6N2O3. The molecule has 0 spiro atoms. The molecule has 0 saturated carbocycles. The van der Waals surface area contributed by atoms with Gasteiger partial charge >= 0.3 is 5.97 Å². The lowest BCUT2D eigenvalue weighted by molar-refractivity contribution is 0.0699. The first kappa shape index (κ1) is 7.60. The molecule has 0 aliphatic rings. The van der Waals surface area contributed by atoms with Gasteiger partial charge in [0, 0.05) is 18.5 Å². The Bertz CT molecular complexity index is 523. The third-order valence-electron chi connectivity index (χ3n) is 1.80. The molecule has 5 heteroatoms. The number of aromatic amines is 1. The predicted molar refractivity (Wildman–Crippen MR) is 45.0 cm³/mol. The highest BCUT2D eigenvalue weighted by atomic mass is 16.4. The van der Waals surface area contributed by atoms with E-state index in [9.17, 15) is 9.59 Å². The van der Waals surface area contributed by atoms with Crippen LogP contribution in [0, 0.1) is 0 Å². The lowest BCUT2D eigenvalue weighted by Crippen LogP contribution is -2.11. The van der Waals surface area contributed by atoms with E-state index >= 15 is 0 Å². The minimum atomic E-state index is -1.05. The molecule has 2 aromatic rings. The number of nitrogens with one attached hydrogen (secondary N) is 1. The average Bonchev–Trinajstić information content (AvgIpc) is 2.48. The zero-order chi connectivity index (χ0) is 9.42. The van der Waals surface area contributed by atoms with Crippen molar-refractivity contribution < 1.29 is 9.90 Å². The Labute approximate surface area is 72.3 Å². The number of hydrogen-bond donors (Lipinski definition) is 2. The minimum Gasteiger partial charge on any atom is -0.478 e. The van der Waals surface area contributed by atoms with Gasteiger partial charge in [-0.1, -0.05) is 0 Å². The Hall–Kier alpha value is -2.04. The lowest BCUT2D eigenvalue weighted by atomic mass is 10.3. The maximum absolute atomic E-state index is 11.2. The van der Waals surface area contributed by atoms with E-state index < -0.39 is 5.97 Å². The smallest absolute Gasteiger partial charge is 0.339 e. The fraction of sp³-hybridized carbons (Fsp3) is 0. The summed E-state index contributed by atoms with van der Waals surface area (Å²) < 4.78 is 1.25. The van der Waals surface area contributed by atoms with Gasteiger partial charge in [-0.05, 0) is 6.07 Å². The number of rotatable bonds is 1. The van der Waals surface area contributed by atoms with Crippen molar-refractivity contribution in [1.82, 2.24) is 9.38 Å². The van der Waals surface area contributed by atoms with E-state index in [2.05, 4.69) is 4.98 Å². The van der Waals surface area contributed by atoms with Crippen LogP contribution < -0.4 is 5.56 Å². The average molecular weight is 178 g/mol. The van der Waals surface area contributed by atoms with Gasteiger partial charge in [0.2, 0.25) is 0 Å². The first-order chi connectivity index (χ1) is 6.20. The molecule has 13 heavy (non-hydrogen) atoms. The van der Waals surface area contributed by atoms with Gasteiger partial charge in [0.25, 0.3) is 5.56 Å². The van der Waals surface area contributed by atoms with Gasteiger partial charge in [-0.25, -0.2) is 4.79 Å². The van der Waals surface area contributed by atoms with Crippen LogP contribution in [0.3, 0.4) is 0 Å². The van der Waals surface area contributed by atoms with E-state index in [0.29, 0.717) is 5.65 Å². The second-order valence-electron chi connectivity index (χ2n) is 2.57. The molecule has 0 atom stereocenters. The zero-order valence-corrected chi connectivity index (χ0v) is 6.52. The van der Waals surface area contributed by atoms with Gasteiger partial charge < -0.3 is 10.1 Å². The monoisotopic (exact) mass is 178 g/mol. The van der Waals surface area contributed by atoms with Crippen LogP contribution in [0.4, 0.5) is 0 Å². The van der Waals surface area contributed by atoms with E-state index in [1.807, 2.05) is 0 Å². The quantitative estimate of drug-likeness (QED) is 0.660. The Balaban J connectivity index is 2.91. The minimum absolute atomic E-state index is 0.0951. The van der Waals surface area contributed by atoms with E-state index in [1.165, 1.54) is 28.9 Å². The normalized spacial score (nSPS) is 10.5. The largest absolute Gasteiger partial charge is 0.478 e. The summed E-state index contributed by atoms with van der Waals surface area (Å²) in [5.74, 6) is -1.05. The van der Waals surface area contributed by atoms with Crippen molar-refractivity contribution in [2.75, 3.05) is 0 Å². The van der Waals surface area contributed by atoms with Crippen molar-refractivity contribution in [2.45, 2.75) is 0 Å². The molecule has 0 saturated heterocycles. The summed E-state index contributed by atoms with van der Waals surface area (Å²) in [4.78, 5) is 24.5. The van der Waals surface area contributed by atoms with E-state index in [4.69, 9.17) is 5.11 Å². The fourth-order valence-electron chi connectivity index (χ4n) is 1.21. The summed E-state index contributed by atoms with van der Waals surface area (Å²) in [5.41, 5.74) is 0.152. The van der Waals surface area contributed by atoms with Crippen LogP contribution in [0.5, 0.6) is 0 Å². The standard InChI is InChI=1S/C8H6N2O3/c11-6-1-3-9-7-5(8(12)13)2-4-10(6)7/h1-4,9H,(H,12,13). The molecule has 0 bridgehead atoms. The van der Waals surface area contributed by atoms with Crippen molar-refractivity contribution in [1.29, 1.82) is 0 Å². The summed E-state index contributed by atoms with van der Waals surface area (Å²) in [6, 6.07) is 2.72. The number of fused-ring (bicyclic) bond motifs is 1. The van der Waals surface area contributed by atoms with Crippen LogP contribution in [0.1, 0.15) is 10.4 Å². The Morgan fingerprint density at radius 3 is 2.92 bits per heavy atom. The number of carboxylic acids is 1. The topological polar surface area (TPSA) is 74.6 Å². The number of carbonyl (C=O) groups is 1. The maximum atomic E-state index is 11.2. The van der Waals surface area contributed by atoms with Gasteiger partial charge in [0.05, 0.1) is 0 Å². The van der Waals surface area contributed by atoms with Crippen molar-refractivity contribution in [3.05, 3.63) is 40.4 Å². The van der Waals surface area contributed by atoms with Crippen LogP contribution in [0.25, 0.3) is 5.65 Å². The van der Waals surface area contributed by atoms with E-state index in [1.54, 1.807) is 0 Å². The van der Waals surface area contributed by atoms with Gasteiger partial charge in [-0.3, -0.25) is 9.20 Å². The van der Waals surface area contributed by atoms with Crippen LogP contribution in [-0.2, 0) is 0 Å². The van der Waals surface area contributed by atoms with Crippen molar-refractivity contribution in [3.8, 4) is 0 Å². The fourth-order valence-corrected chi connectivity index (χ4v) is 1.21. The Kier molecular flexibility index (Phi) is 1.45. The van der Waals surface area contributed by atoms with Crippen molar-refractivity contribution in [3.63, 3.8) is 0 Å². The van der Waals surface area contributed by atoms with Gasteiger partial charge in [0.15, 0.2) is 0 Å². The van der Waals surface area contributed by atoms with Crippen molar-refractivity contribution >= 4 is 11.6 Å². The highest BCUT2D eigenvalue weighted by Gasteiger charge is 2.10. The molecule has 66 valence electrons. The number of aromatic nitrogens is 2. The molecule has 2 N–H and O–H groups in total. The molecular weight excluding hydrogens is 172 g/mol. The van der Waals surface area contributed by atoms with Gasteiger partial charge in [-0.15, -0.1) is 0 Å². The van der Waals surface area contributed by atoms with Gasteiger partial charge in [0.1, 0.15) is 11.2 Å². The highest BCUT2D eigenvalue weighted by Crippen LogP contribution is 2.06. The third kappa shape index (κ3) is 1.01. The summed E-state index contributed by atoms with van der Waals surface area (Å²) in [5, 5.41) is 8.73. The zero-order valence-electron chi connectivity index (χ0n) is 6.52. The first-order valence-corrected chi connectivity index (χ1v) is 3.62. The highest BCUT2D eigenvalue weighted by molar-refractivity contribution is 5.94. The molecule has 0 amide bonds. The number of hydrogen-bond acceptors (Lipinski definition) is 2. The SMILES string of the molecule is O=C(O)c1ccn2c(=O)cc[nH]c12.